The largest absolute Gasteiger partial charge is 0.503 e. The van der Waals surface area contributed by atoms with Crippen LogP contribution in [-0.2, 0) is 14.3 Å². The van der Waals surface area contributed by atoms with Gasteiger partial charge in [-0.2, -0.15) is 0 Å². The summed E-state index contributed by atoms with van der Waals surface area (Å²) in [6.45, 7) is 4.71. The number of carbonyl (C=O) groups excluding carboxylic acids is 2. The van der Waals surface area contributed by atoms with Crippen molar-refractivity contribution in [3.05, 3.63) is 41.2 Å². The first kappa shape index (κ1) is 18.0. The zero-order valence-corrected chi connectivity index (χ0v) is 14.2. The van der Waals surface area contributed by atoms with Gasteiger partial charge in [0.2, 0.25) is 0 Å². The number of methoxy groups -OCH3 is 1. The molecular formula is C18H23NO5. The summed E-state index contributed by atoms with van der Waals surface area (Å²) in [6, 6.07) is 6.64. The Balaban J connectivity index is 2.35. The monoisotopic (exact) mass is 333 g/mol. The van der Waals surface area contributed by atoms with Gasteiger partial charge in [-0.1, -0.05) is 12.1 Å². The third kappa shape index (κ3) is 3.59. The average molecular weight is 333 g/mol. The molecule has 0 bridgehead atoms. The van der Waals surface area contributed by atoms with E-state index in [0.717, 1.165) is 5.56 Å². The van der Waals surface area contributed by atoms with E-state index in [1.165, 1.54) is 11.8 Å². The Morgan fingerprint density at radius 1 is 1.29 bits per heavy atom. The fraction of sp³-hybridized carbons (Fsp3) is 0.444. The number of ether oxygens (including phenoxy) is 2. The van der Waals surface area contributed by atoms with Gasteiger partial charge in [-0.25, -0.2) is 0 Å². The first-order valence-electron chi connectivity index (χ1n) is 7.98. The molecule has 1 aliphatic heterocycles. The maximum absolute atomic E-state index is 12.4. The van der Waals surface area contributed by atoms with E-state index in [2.05, 4.69) is 0 Å². The van der Waals surface area contributed by atoms with Crippen molar-refractivity contribution in [2.45, 2.75) is 26.3 Å². The van der Waals surface area contributed by atoms with Crippen LogP contribution in [0.25, 0.3) is 0 Å². The Kier molecular flexibility index (Phi) is 5.98. The topological polar surface area (TPSA) is 76.1 Å². The SMILES string of the molecule is CCOc1ccc(C2C(C(C)=O)=C(O)C(=O)N2CCCOC)cc1. The van der Waals surface area contributed by atoms with Gasteiger partial charge < -0.3 is 19.5 Å². The Morgan fingerprint density at radius 2 is 1.96 bits per heavy atom. The number of hydrogen-bond donors (Lipinski definition) is 1. The van der Waals surface area contributed by atoms with Crippen LogP contribution < -0.4 is 4.74 Å². The van der Waals surface area contributed by atoms with Crippen LogP contribution in [0, 0.1) is 0 Å². The second kappa shape index (κ2) is 7.97. The van der Waals surface area contributed by atoms with Crippen LogP contribution in [0.15, 0.2) is 35.6 Å². The molecule has 0 fully saturated rings. The number of benzene rings is 1. The molecule has 1 atom stereocenters. The number of Topliss-reactive ketones (excluding diaryl/α,β-unsaturated/α-hetero) is 1. The number of ketones is 1. The summed E-state index contributed by atoms with van der Waals surface area (Å²) in [5.74, 6) is -0.572. The zero-order valence-electron chi connectivity index (χ0n) is 14.2. The Bertz CT molecular complexity index is 635. The van der Waals surface area contributed by atoms with Gasteiger partial charge in [0, 0.05) is 20.3 Å². The van der Waals surface area contributed by atoms with Crippen molar-refractivity contribution in [1.82, 2.24) is 4.90 Å². The molecule has 6 heteroatoms. The van der Waals surface area contributed by atoms with Crippen molar-refractivity contribution in [2.75, 3.05) is 26.9 Å². The molecule has 0 aromatic heterocycles. The summed E-state index contributed by atoms with van der Waals surface area (Å²) in [6.07, 6.45) is 0.619. The summed E-state index contributed by atoms with van der Waals surface area (Å²) in [4.78, 5) is 25.9. The third-order valence-electron chi connectivity index (χ3n) is 3.94. The fourth-order valence-corrected chi connectivity index (χ4v) is 2.88. The molecule has 1 aromatic rings. The molecule has 0 spiro atoms. The summed E-state index contributed by atoms with van der Waals surface area (Å²) < 4.78 is 10.4. The van der Waals surface area contributed by atoms with Crippen LogP contribution in [0.5, 0.6) is 5.75 Å². The highest BCUT2D eigenvalue weighted by Crippen LogP contribution is 2.38. The predicted molar refractivity (Wildman–Crippen MR) is 88.9 cm³/mol. The minimum absolute atomic E-state index is 0.140. The van der Waals surface area contributed by atoms with Crippen molar-refractivity contribution in [1.29, 1.82) is 0 Å². The van der Waals surface area contributed by atoms with Crippen LogP contribution >= 0.6 is 0 Å². The molecule has 1 unspecified atom stereocenters. The Hall–Kier alpha value is -2.34. The molecule has 1 amide bonds. The van der Waals surface area contributed by atoms with Crippen LogP contribution in [-0.4, -0.2) is 48.6 Å². The standard InChI is InChI=1S/C18H23NO5/c1-4-24-14-8-6-13(7-9-14)16-15(12(2)20)17(21)18(22)19(16)10-5-11-23-3/h6-9,16,21H,4-5,10-11H2,1-3H3. The van der Waals surface area contributed by atoms with Gasteiger partial charge in [0.25, 0.3) is 5.91 Å². The molecule has 0 saturated heterocycles. The number of aliphatic hydroxyl groups is 1. The Labute approximate surface area is 141 Å². The lowest BCUT2D eigenvalue weighted by Crippen LogP contribution is -2.32. The zero-order chi connectivity index (χ0) is 17.7. The molecule has 130 valence electrons. The number of aliphatic hydroxyl groups excluding tert-OH is 1. The van der Waals surface area contributed by atoms with Gasteiger partial charge in [-0.05, 0) is 38.0 Å². The van der Waals surface area contributed by atoms with Gasteiger partial charge >= 0.3 is 0 Å². The minimum Gasteiger partial charge on any atom is -0.503 e. The van der Waals surface area contributed by atoms with Crippen LogP contribution in [0.3, 0.4) is 0 Å². The number of rotatable bonds is 8. The van der Waals surface area contributed by atoms with Gasteiger partial charge in [-0.3, -0.25) is 9.59 Å². The smallest absolute Gasteiger partial charge is 0.290 e. The molecule has 0 aliphatic carbocycles. The van der Waals surface area contributed by atoms with Crippen LogP contribution in [0.1, 0.15) is 31.9 Å². The number of carbonyl (C=O) groups is 2. The van der Waals surface area contributed by atoms with E-state index >= 15 is 0 Å². The molecule has 1 aromatic carbocycles. The lowest BCUT2D eigenvalue weighted by atomic mass is 9.96. The van der Waals surface area contributed by atoms with Crippen LogP contribution in [0.2, 0.25) is 0 Å². The number of hydrogen-bond acceptors (Lipinski definition) is 5. The van der Waals surface area contributed by atoms with Gasteiger partial charge in [0.15, 0.2) is 11.5 Å². The Morgan fingerprint density at radius 3 is 2.50 bits per heavy atom. The lowest BCUT2D eigenvalue weighted by molar-refractivity contribution is -0.129. The van der Waals surface area contributed by atoms with Crippen molar-refractivity contribution in [3.8, 4) is 5.75 Å². The molecule has 1 aliphatic rings. The number of nitrogens with zero attached hydrogens (tertiary/aromatic N) is 1. The summed E-state index contributed by atoms with van der Waals surface area (Å²) >= 11 is 0. The highest BCUT2D eigenvalue weighted by Gasteiger charge is 2.41. The maximum Gasteiger partial charge on any atom is 0.290 e. The van der Waals surface area contributed by atoms with E-state index in [9.17, 15) is 14.7 Å². The molecule has 2 rings (SSSR count). The lowest BCUT2D eigenvalue weighted by Gasteiger charge is -2.26. The molecular weight excluding hydrogens is 310 g/mol. The van der Waals surface area contributed by atoms with E-state index in [1.54, 1.807) is 19.2 Å². The van der Waals surface area contributed by atoms with Crippen LogP contribution in [0.4, 0.5) is 0 Å². The first-order valence-corrected chi connectivity index (χ1v) is 7.98. The normalized spacial score (nSPS) is 17.5. The molecule has 0 saturated carbocycles. The third-order valence-corrected chi connectivity index (χ3v) is 3.94. The van der Waals surface area contributed by atoms with E-state index < -0.39 is 17.7 Å². The minimum atomic E-state index is -0.581. The van der Waals surface area contributed by atoms with E-state index in [0.29, 0.717) is 31.9 Å². The van der Waals surface area contributed by atoms with E-state index in [4.69, 9.17) is 9.47 Å². The predicted octanol–water partition coefficient (Wildman–Crippen LogP) is 2.41. The number of amides is 1. The molecule has 0 radical (unpaired) electrons. The molecule has 1 heterocycles. The quantitative estimate of drug-likeness (QED) is 0.739. The highest BCUT2D eigenvalue weighted by atomic mass is 16.5. The van der Waals surface area contributed by atoms with Crippen molar-refractivity contribution in [3.63, 3.8) is 0 Å². The van der Waals surface area contributed by atoms with E-state index in [1.807, 2.05) is 19.1 Å². The summed E-state index contributed by atoms with van der Waals surface area (Å²) in [5, 5.41) is 10.1. The highest BCUT2D eigenvalue weighted by molar-refractivity contribution is 6.08. The fourth-order valence-electron chi connectivity index (χ4n) is 2.88. The maximum atomic E-state index is 12.4. The first-order chi connectivity index (χ1) is 11.5. The van der Waals surface area contributed by atoms with E-state index in [-0.39, 0.29) is 11.4 Å². The average Bonchev–Trinajstić information content (AvgIpc) is 2.81. The molecule has 1 N–H and O–H groups in total. The second-order valence-electron chi connectivity index (χ2n) is 5.57. The van der Waals surface area contributed by atoms with Gasteiger partial charge in [-0.15, -0.1) is 0 Å². The van der Waals surface area contributed by atoms with Crippen molar-refractivity contribution in [2.24, 2.45) is 0 Å². The summed E-state index contributed by atoms with van der Waals surface area (Å²) in [7, 11) is 1.59. The van der Waals surface area contributed by atoms with Crippen molar-refractivity contribution >= 4 is 11.7 Å². The van der Waals surface area contributed by atoms with Gasteiger partial charge in [0.1, 0.15) is 5.75 Å². The summed E-state index contributed by atoms with van der Waals surface area (Å²) in [5.41, 5.74) is 0.903. The van der Waals surface area contributed by atoms with Crippen molar-refractivity contribution < 1.29 is 24.2 Å². The van der Waals surface area contributed by atoms with Gasteiger partial charge in [0.05, 0.1) is 18.2 Å². The molecule has 24 heavy (non-hydrogen) atoms. The second-order valence-corrected chi connectivity index (χ2v) is 5.57. The molecule has 6 nitrogen and oxygen atoms in total.